The maximum absolute atomic E-state index is 5.74. The van der Waals surface area contributed by atoms with Gasteiger partial charge in [0.1, 0.15) is 0 Å². The largest absolute Gasteiger partial charge is 0.399 e. The Morgan fingerprint density at radius 3 is 2.56 bits per heavy atom. The smallest absolute Gasteiger partial charge is 0.155 e. The molecule has 0 atom stereocenters. The Bertz CT molecular complexity index is 479. The molecular formula is C12H14N4. The summed E-state index contributed by atoms with van der Waals surface area (Å²) >= 11 is 0. The number of nitrogen functional groups attached to an aromatic ring is 1. The molecule has 82 valence electrons. The van der Waals surface area contributed by atoms with Crippen molar-refractivity contribution >= 4 is 17.2 Å². The van der Waals surface area contributed by atoms with Crippen LogP contribution in [0.15, 0.2) is 36.4 Å². The number of aryl methyl sites for hydroxylation is 1. The van der Waals surface area contributed by atoms with E-state index in [4.69, 9.17) is 5.73 Å². The summed E-state index contributed by atoms with van der Waals surface area (Å²) in [5, 5.41) is 8.14. The number of nitrogens with zero attached hydrogens (tertiary/aromatic N) is 3. The molecule has 2 aromatic rings. The Morgan fingerprint density at radius 1 is 1.12 bits per heavy atom. The van der Waals surface area contributed by atoms with Crippen LogP contribution in [0.1, 0.15) is 5.69 Å². The molecule has 0 radical (unpaired) electrons. The molecule has 2 rings (SSSR count). The molecule has 1 aromatic heterocycles. The first-order valence-electron chi connectivity index (χ1n) is 5.06. The highest BCUT2D eigenvalue weighted by atomic mass is 15.2. The van der Waals surface area contributed by atoms with Crippen molar-refractivity contribution in [1.29, 1.82) is 0 Å². The van der Waals surface area contributed by atoms with Crippen molar-refractivity contribution in [3.05, 3.63) is 42.1 Å². The molecule has 0 spiro atoms. The van der Waals surface area contributed by atoms with Gasteiger partial charge in [0.15, 0.2) is 5.82 Å². The van der Waals surface area contributed by atoms with Crippen molar-refractivity contribution in [1.82, 2.24) is 10.2 Å². The van der Waals surface area contributed by atoms with Crippen molar-refractivity contribution in [3.63, 3.8) is 0 Å². The number of rotatable bonds is 2. The summed E-state index contributed by atoms with van der Waals surface area (Å²) in [5.74, 6) is 0.802. The molecule has 0 saturated heterocycles. The Morgan fingerprint density at radius 2 is 1.94 bits per heavy atom. The van der Waals surface area contributed by atoms with Gasteiger partial charge < -0.3 is 10.6 Å². The Kier molecular flexibility index (Phi) is 2.72. The molecule has 0 saturated carbocycles. The molecule has 0 amide bonds. The third kappa shape index (κ3) is 2.11. The number of benzene rings is 1. The van der Waals surface area contributed by atoms with Crippen LogP contribution in [0.3, 0.4) is 0 Å². The van der Waals surface area contributed by atoms with Crippen LogP contribution in [0.25, 0.3) is 0 Å². The van der Waals surface area contributed by atoms with E-state index >= 15 is 0 Å². The monoisotopic (exact) mass is 214 g/mol. The first kappa shape index (κ1) is 10.4. The minimum absolute atomic E-state index is 0.740. The van der Waals surface area contributed by atoms with E-state index in [0.29, 0.717) is 0 Å². The van der Waals surface area contributed by atoms with Crippen molar-refractivity contribution in [2.24, 2.45) is 0 Å². The third-order valence-corrected chi connectivity index (χ3v) is 2.38. The fourth-order valence-corrected chi connectivity index (χ4v) is 1.44. The van der Waals surface area contributed by atoms with Gasteiger partial charge in [-0.3, -0.25) is 0 Å². The van der Waals surface area contributed by atoms with Gasteiger partial charge in [0, 0.05) is 18.4 Å². The van der Waals surface area contributed by atoms with E-state index in [2.05, 4.69) is 10.2 Å². The van der Waals surface area contributed by atoms with E-state index in [1.54, 1.807) is 0 Å². The minimum atomic E-state index is 0.740. The number of hydrogen-bond acceptors (Lipinski definition) is 4. The molecule has 0 aliphatic rings. The quantitative estimate of drug-likeness (QED) is 0.778. The van der Waals surface area contributed by atoms with Gasteiger partial charge in [-0.15, -0.1) is 5.10 Å². The minimum Gasteiger partial charge on any atom is -0.399 e. The highest BCUT2D eigenvalue weighted by Crippen LogP contribution is 2.22. The first-order chi connectivity index (χ1) is 7.66. The van der Waals surface area contributed by atoms with Gasteiger partial charge in [-0.05, 0) is 37.3 Å². The third-order valence-electron chi connectivity index (χ3n) is 2.38. The summed E-state index contributed by atoms with van der Waals surface area (Å²) in [6.45, 7) is 1.91. The van der Waals surface area contributed by atoms with E-state index in [-0.39, 0.29) is 0 Å². The summed E-state index contributed by atoms with van der Waals surface area (Å²) in [6.07, 6.45) is 0. The van der Waals surface area contributed by atoms with E-state index in [1.165, 1.54) is 0 Å². The number of hydrogen-bond donors (Lipinski definition) is 1. The van der Waals surface area contributed by atoms with Crippen LogP contribution in [-0.2, 0) is 0 Å². The zero-order valence-corrected chi connectivity index (χ0v) is 9.38. The topological polar surface area (TPSA) is 55.0 Å². The molecule has 4 heteroatoms. The molecule has 1 aromatic carbocycles. The predicted molar refractivity (Wildman–Crippen MR) is 65.7 cm³/mol. The van der Waals surface area contributed by atoms with Crippen molar-refractivity contribution in [3.8, 4) is 0 Å². The fourth-order valence-electron chi connectivity index (χ4n) is 1.44. The second-order valence-electron chi connectivity index (χ2n) is 3.69. The molecular weight excluding hydrogens is 200 g/mol. The second kappa shape index (κ2) is 4.18. The van der Waals surface area contributed by atoms with E-state index in [0.717, 1.165) is 22.9 Å². The van der Waals surface area contributed by atoms with Gasteiger partial charge in [-0.1, -0.05) is 6.07 Å². The van der Waals surface area contributed by atoms with E-state index in [9.17, 15) is 0 Å². The van der Waals surface area contributed by atoms with Gasteiger partial charge in [0.25, 0.3) is 0 Å². The zero-order valence-electron chi connectivity index (χ0n) is 9.38. The maximum atomic E-state index is 5.74. The molecule has 1 heterocycles. The lowest BCUT2D eigenvalue weighted by Crippen LogP contribution is -2.12. The standard InChI is InChI=1S/C12H14N4/c1-9-6-7-12(15-14-9)16(2)11-5-3-4-10(13)8-11/h3-8H,13H2,1-2H3. The average molecular weight is 214 g/mol. The Balaban J connectivity index is 2.31. The van der Waals surface area contributed by atoms with Crippen LogP contribution in [0.4, 0.5) is 17.2 Å². The van der Waals surface area contributed by atoms with Gasteiger partial charge in [0.05, 0.1) is 5.69 Å². The summed E-state index contributed by atoms with van der Waals surface area (Å²) in [6, 6.07) is 11.5. The average Bonchev–Trinajstić information content (AvgIpc) is 2.29. The van der Waals surface area contributed by atoms with Crippen LogP contribution in [0.5, 0.6) is 0 Å². The van der Waals surface area contributed by atoms with Crippen LogP contribution in [-0.4, -0.2) is 17.2 Å². The Labute approximate surface area is 94.7 Å². The molecule has 0 fully saturated rings. The van der Waals surface area contributed by atoms with Gasteiger partial charge in [-0.2, -0.15) is 5.10 Å². The summed E-state index contributed by atoms with van der Waals surface area (Å²) in [5.41, 5.74) is 8.38. The van der Waals surface area contributed by atoms with Gasteiger partial charge >= 0.3 is 0 Å². The van der Waals surface area contributed by atoms with Gasteiger partial charge in [-0.25, -0.2) is 0 Å². The van der Waals surface area contributed by atoms with Crippen LogP contribution in [0, 0.1) is 6.92 Å². The Hall–Kier alpha value is -2.10. The molecule has 2 N–H and O–H groups in total. The summed E-state index contributed by atoms with van der Waals surface area (Å²) in [4.78, 5) is 1.95. The highest BCUT2D eigenvalue weighted by molar-refractivity contribution is 5.63. The maximum Gasteiger partial charge on any atom is 0.155 e. The fraction of sp³-hybridized carbons (Fsp3) is 0.167. The van der Waals surface area contributed by atoms with Crippen molar-refractivity contribution in [2.75, 3.05) is 17.7 Å². The van der Waals surface area contributed by atoms with E-state index < -0.39 is 0 Å². The summed E-state index contributed by atoms with van der Waals surface area (Å²) in [7, 11) is 1.94. The second-order valence-corrected chi connectivity index (χ2v) is 3.69. The number of aromatic nitrogens is 2. The lowest BCUT2D eigenvalue weighted by Gasteiger charge is -2.17. The number of nitrogens with two attached hydrogens (primary N) is 1. The van der Waals surface area contributed by atoms with Crippen LogP contribution in [0.2, 0.25) is 0 Å². The number of anilines is 3. The SMILES string of the molecule is Cc1ccc(N(C)c2cccc(N)c2)nn1. The predicted octanol–water partition coefficient (Wildman–Crippen LogP) is 2.14. The molecule has 0 aliphatic heterocycles. The van der Waals surface area contributed by atoms with E-state index in [1.807, 2.05) is 55.3 Å². The lowest BCUT2D eigenvalue weighted by atomic mass is 10.2. The van der Waals surface area contributed by atoms with Crippen LogP contribution < -0.4 is 10.6 Å². The molecule has 16 heavy (non-hydrogen) atoms. The highest BCUT2D eigenvalue weighted by Gasteiger charge is 2.05. The molecule has 0 bridgehead atoms. The normalized spacial score (nSPS) is 10.1. The van der Waals surface area contributed by atoms with Crippen molar-refractivity contribution in [2.45, 2.75) is 6.92 Å². The van der Waals surface area contributed by atoms with Crippen molar-refractivity contribution < 1.29 is 0 Å². The molecule has 0 unspecified atom stereocenters. The van der Waals surface area contributed by atoms with Gasteiger partial charge in [0.2, 0.25) is 0 Å². The van der Waals surface area contributed by atoms with Crippen LogP contribution >= 0.6 is 0 Å². The zero-order chi connectivity index (χ0) is 11.5. The lowest BCUT2D eigenvalue weighted by molar-refractivity contribution is 0.952. The first-order valence-corrected chi connectivity index (χ1v) is 5.06. The molecule has 0 aliphatic carbocycles. The molecule has 4 nitrogen and oxygen atoms in total. The summed E-state index contributed by atoms with van der Waals surface area (Å²) < 4.78 is 0.